The summed E-state index contributed by atoms with van der Waals surface area (Å²) in [5.74, 6) is -0.601. The largest absolute Gasteiger partial charge is 0.370 e. The van der Waals surface area contributed by atoms with Crippen LogP contribution >= 0.6 is 11.8 Å². The lowest BCUT2D eigenvalue weighted by atomic mass is 10.1. The predicted octanol–water partition coefficient (Wildman–Crippen LogP) is 2.18. The highest BCUT2D eigenvalue weighted by Gasteiger charge is 2.28. The Morgan fingerprint density at radius 3 is 2.69 bits per heavy atom. The van der Waals surface area contributed by atoms with Crippen molar-refractivity contribution in [3.8, 4) is 0 Å². The molecule has 0 saturated carbocycles. The van der Waals surface area contributed by atoms with Gasteiger partial charge in [-0.1, -0.05) is 36.4 Å². The highest BCUT2D eigenvalue weighted by molar-refractivity contribution is 8.14. The third-order valence-corrected chi connectivity index (χ3v) is 5.41. The number of nitrogens with zero attached hydrogens (tertiary/aromatic N) is 5. The van der Waals surface area contributed by atoms with Gasteiger partial charge in [0.2, 0.25) is 5.91 Å². The van der Waals surface area contributed by atoms with E-state index < -0.39 is 18.0 Å². The summed E-state index contributed by atoms with van der Waals surface area (Å²) in [5, 5.41) is 13.0. The van der Waals surface area contributed by atoms with E-state index in [1.54, 1.807) is 24.4 Å². The summed E-state index contributed by atoms with van der Waals surface area (Å²) < 4.78 is 1.39. The van der Waals surface area contributed by atoms with Gasteiger partial charge in [0.05, 0.1) is 5.56 Å². The maximum absolute atomic E-state index is 13.1. The molecule has 146 valence electrons. The van der Waals surface area contributed by atoms with Gasteiger partial charge in [-0.3, -0.25) is 14.0 Å². The van der Waals surface area contributed by atoms with Crippen molar-refractivity contribution in [2.45, 2.75) is 23.5 Å². The molecular weight excluding hydrogens is 390 g/mol. The first-order chi connectivity index (χ1) is 14.0. The molecule has 4 N–H and O–H groups in total. The van der Waals surface area contributed by atoms with Gasteiger partial charge in [0.1, 0.15) is 21.8 Å². The minimum atomic E-state index is -0.891. The number of fused-ring (bicyclic) bond motifs is 1. The van der Waals surface area contributed by atoms with E-state index in [-0.39, 0.29) is 17.5 Å². The van der Waals surface area contributed by atoms with Gasteiger partial charge >= 0.3 is 0 Å². The molecule has 0 radical (unpaired) electrons. The predicted molar refractivity (Wildman–Crippen MR) is 110 cm³/mol. The molecule has 1 aliphatic rings. The lowest BCUT2D eigenvalue weighted by Gasteiger charge is -2.16. The first-order valence-corrected chi connectivity index (χ1v) is 9.62. The summed E-state index contributed by atoms with van der Waals surface area (Å²) in [5.41, 5.74) is 12.7. The molecule has 2 atom stereocenters. The van der Waals surface area contributed by atoms with Crippen molar-refractivity contribution in [2.24, 2.45) is 26.9 Å². The number of pyridine rings is 1. The second kappa shape index (κ2) is 7.94. The standard InChI is InChI=1S/C19H17N7O2S/c20-12(10-13(21)27)15-17(22-14-8-4-5-9-26(14)19(15)28)29-18-16(23-25-24-18)11-6-2-1-3-7-11/h1-9,12,16H,10,20H2,(H2,21,27). The zero-order valence-corrected chi connectivity index (χ0v) is 16.0. The van der Waals surface area contributed by atoms with Crippen molar-refractivity contribution in [3.63, 3.8) is 0 Å². The number of thioether (sulfide) groups is 1. The molecule has 1 aliphatic heterocycles. The van der Waals surface area contributed by atoms with Crippen LogP contribution in [0.3, 0.4) is 0 Å². The SMILES string of the molecule is NC(=O)CC(N)c1c(SC2=NN=NC2c2ccccc2)nc2ccccn2c1=O. The van der Waals surface area contributed by atoms with E-state index in [1.165, 1.54) is 16.2 Å². The van der Waals surface area contributed by atoms with Crippen molar-refractivity contribution in [3.05, 3.63) is 76.2 Å². The second-order valence-electron chi connectivity index (χ2n) is 6.40. The molecule has 0 spiro atoms. The molecule has 1 aromatic carbocycles. The summed E-state index contributed by atoms with van der Waals surface area (Å²) in [4.78, 5) is 29.1. The molecule has 2 aromatic heterocycles. The van der Waals surface area contributed by atoms with Gasteiger partial charge in [-0.2, -0.15) is 5.11 Å². The number of benzene rings is 1. The van der Waals surface area contributed by atoms with E-state index in [0.717, 1.165) is 5.56 Å². The van der Waals surface area contributed by atoms with Crippen LogP contribution in [0.25, 0.3) is 5.65 Å². The third-order valence-electron chi connectivity index (χ3n) is 4.39. The Morgan fingerprint density at radius 2 is 1.93 bits per heavy atom. The fourth-order valence-corrected chi connectivity index (χ4v) is 4.10. The van der Waals surface area contributed by atoms with Gasteiger partial charge in [0.15, 0.2) is 0 Å². The topological polar surface area (TPSA) is 141 Å². The highest BCUT2D eigenvalue weighted by Crippen LogP contribution is 2.35. The number of aromatic nitrogens is 2. The molecule has 1 amide bonds. The van der Waals surface area contributed by atoms with E-state index >= 15 is 0 Å². The number of carbonyl (C=O) groups is 1. The molecule has 0 fully saturated rings. The van der Waals surface area contributed by atoms with Gasteiger partial charge in [0, 0.05) is 18.7 Å². The zero-order chi connectivity index (χ0) is 20.4. The summed E-state index contributed by atoms with van der Waals surface area (Å²) in [7, 11) is 0. The average Bonchev–Trinajstić information content (AvgIpc) is 3.16. The Bertz CT molecular complexity index is 1190. The number of carbonyl (C=O) groups excluding carboxylic acids is 1. The van der Waals surface area contributed by atoms with Crippen LogP contribution in [0.4, 0.5) is 0 Å². The van der Waals surface area contributed by atoms with Gasteiger partial charge in [-0.15, -0.1) is 5.10 Å². The van der Waals surface area contributed by atoms with Crippen LogP contribution in [0.15, 0.2) is 80.0 Å². The first kappa shape index (κ1) is 19.0. The first-order valence-electron chi connectivity index (χ1n) is 8.80. The Balaban J connectivity index is 1.78. The normalized spacial score (nSPS) is 16.7. The Kier molecular flexibility index (Phi) is 5.19. The molecule has 9 nitrogen and oxygen atoms in total. The maximum atomic E-state index is 13.1. The molecule has 0 bridgehead atoms. The average molecular weight is 407 g/mol. The van der Waals surface area contributed by atoms with Crippen molar-refractivity contribution in [1.82, 2.24) is 9.38 Å². The van der Waals surface area contributed by atoms with Gasteiger partial charge < -0.3 is 11.5 Å². The lowest BCUT2D eigenvalue weighted by Crippen LogP contribution is -2.30. The van der Waals surface area contributed by atoms with Crippen molar-refractivity contribution >= 4 is 28.4 Å². The van der Waals surface area contributed by atoms with E-state index in [4.69, 9.17) is 11.5 Å². The molecule has 0 saturated heterocycles. The van der Waals surface area contributed by atoms with Crippen LogP contribution in [0.5, 0.6) is 0 Å². The van der Waals surface area contributed by atoms with E-state index in [9.17, 15) is 9.59 Å². The molecule has 4 rings (SSSR count). The second-order valence-corrected chi connectivity index (χ2v) is 7.41. The minimum absolute atomic E-state index is 0.174. The van der Waals surface area contributed by atoms with E-state index in [1.807, 2.05) is 30.3 Å². The number of hydrogen-bond acceptors (Lipinski definition) is 8. The fraction of sp³-hybridized carbons (Fsp3) is 0.158. The van der Waals surface area contributed by atoms with Crippen LogP contribution in [0.1, 0.15) is 29.6 Å². The smallest absolute Gasteiger partial charge is 0.263 e. The number of rotatable bonds is 5. The fourth-order valence-electron chi connectivity index (χ4n) is 3.04. The van der Waals surface area contributed by atoms with Crippen molar-refractivity contribution in [1.29, 1.82) is 0 Å². The highest BCUT2D eigenvalue weighted by atomic mass is 32.2. The summed E-state index contributed by atoms with van der Waals surface area (Å²) >= 11 is 1.17. The molecular formula is C19H17N7O2S. The number of hydrogen-bond donors (Lipinski definition) is 2. The Morgan fingerprint density at radius 1 is 1.17 bits per heavy atom. The molecule has 2 unspecified atom stereocenters. The van der Waals surface area contributed by atoms with Crippen molar-refractivity contribution < 1.29 is 4.79 Å². The van der Waals surface area contributed by atoms with Crippen LogP contribution in [0.2, 0.25) is 0 Å². The third kappa shape index (κ3) is 3.80. The van der Waals surface area contributed by atoms with Gasteiger partial charge in [-0.05, 0) is 34.7 Å². The lowest BCUT2D eigenvalue weighted by molar-refractivity contribution is -0.118. The van der Waals surface area contributed by atoms with Crippen LogP contribution in [-0.4, -0.2) is 20.3 Å². The Hall–Kier alpha value is -3.37. The van der Waals surface area contributed by atoms with Crippen LogP contribution < -0.4 is 17.0 Å². The summed E-state index contributed by atoms with van der Waals surface area (Å²) in [6, 6.07) is 13.5. The molecule has 29 heavy (non-hydrogen) atoms. The number of nitrogens with two attached hydrogens (primary N) is 2. The monoisotopic (exact) mass is 407 g/mol. The van der Waals surface area contributed by atoms with Gasteiger partial charge in [-0.25, -0.2) is 4.98 Å². The minimum Gasteiger partial charge on any atom is -0.370 e. The van der Waals surface area contributed by atoms with Crippen LogP contribution in [0, 0.1) is 0 Å². The van der Waals surface area contributed by atoms with Gasteiger partial charge in [0.25, 0.3) is 5.56 Å². The van der Waals surface area contributed by atoms with E-state index in [2.05, 4.69) is 20.4 Å². The Labute approximate surface area is 169 Å². The van der Waals surface area contributed by atoms with E-state index in [0.29, 0.717) is 15.7 Å². The number of amides is 1. The molecule has 0 aliphatic carbocycles. The van der Waals surface area contributed by atoms with Crippen molar-refractivity contribution in [2.75, 3.05) is 0 Å². The zero-order valence-electron chi connectivity index (χ0n) is 15.2. The molecule has 10 heteroatoms. The molecule has 3 aromatic rings. The quantitative estimate of drug-likeness (QED) is 0.624. The maximum Gasteiger partial charge on any atom is 0.263 e. The summed E-state index contributed by atoms with van der Waals surface area (Å²) in [6.07, 6.45) is 1.43. The molecule has 3 heterocycles. The summed E-state index contributed by atoms with van der Waals surface area (Å²) in [6.45, 7) is 0. The number of primary amides is 1. The van der Waals surface area contributed by atoms with Crippen LogP contribution in [-0.2, 0) is 4.79 Å².